The fourth-order valence-electron chi connectivity index (χ4n) is 3.59. The number of hydrogen-bond acceptors (Lipinski definition) is 5. The number of hydrazone groups is 1. The highest BCUT2D eigenvalue weighted by Crippen LogP contribution is 2.37. The molecule has 4 rings (SSSR count). The van der Waals surface area contributed by atoms with E-state index in [4.69, 9.17) is 4.74 Å². The Bertz CT molecular complexity index is 1160. The predicted molar refractivity (Wildman–Crippen MR) is 125 cm³/mol. The third-order valence-corrected chi connectivity index (χ3v) is 5.76. The minimum absolute atomic E-state index is 0.00785. The Balaban J connectivity index is 1.69. The molecule has 32 heavy (non-hydrogen) atoms. The van der Waals surface area contributed by atoms with Crippen LogP contribution in [0.2, 0.25) is 0 Å². The summed E-state index contributed by atoms with van der Waals surface area (Å²) in [6.07, 6.45) is -0.165. The van der Waals surface area contributed by atoms with Gasteiger partial charge in [0.2, 0.25) is 0 Å². The lowest BCUT2D eigenvalue weighted by Crippen LogP contribution is -2.43. The third kappa shape index (κ3) is 4.22. The highest BCUT2D eigenvalue weighted by Gasteiger charge is 2.48. The van der Waals surface area contributed by atoms with Crippen LogP contribution < -0.4 is 0 Å². The number of hydrogen-bond donors (Lipinski definition) is 1. The van der Waals surface area contributed by atoms with E-state index in [0.29, 0.717) is 11.1 Å². The summed E-state index contributed by atoms with van der Waals surface area (Å²) in [4.78, 5) is 25.7. The molecule has 1 amide bonds. The highest BCUT2D eigenvalue weighted by atomic mass is 79.9. The molecule has 0 aliphatic carbocycles. The number of esters is 1. The number of benzene rings is 3. The number of halogens is 1. The number of rotatable bonds is 5. The van der Waals surface area contributed by atoms with Gasteiger partial charge in [-0.15, -0.1) is 0 Å². The van der Waals surface area contributed by atoms with Crippen molar-refractivity contribution in [3.05, 3.63) is 94.5 Å². The van der Waals surface area contributed by atoms with Crippen molar-refractivity contribution in [1.82, 2.24) is 5.01 Å². The van der Waals surface area contributed by atoms with Crippen LogP contribution in [0.1, 0.15) is 29.3 Å². The molecule has 0 radical (unpaired) electrons. The van der Waals surface area contributed by atoms with Gasteiger partial charge in [0.25, 0.3) is 5.91 Å². The molecule has 3 aromatic carbocycles. The first-order valence-electron chi connectivity index (χ1n) is 10.2. The van der Waals surface area contributed by atoms with Gasteiger partial charge >= 0.3 is 5.97 Å². The molecular weight excluding hydrogens is 472 g/mol. The molecule has 162 valence electrons. The zero-order chi connectivity index (χ0) is 22.7. The number of carbonyl (C=O) groups is 2. The molecule has 0 unspecified atom stereocenters. The molecule has 0 spiro atoms. The number of nitrogens with zero attached hydrogens (tertiary/aromatic N) is 2. The van der Waals surface area contributed by atoms with Gasteiger partial charge in [0.05, 0.1) is 13.0 Å². The first-order chi connectivity index (χ1) is 15.4. The van der Waals surface area contributed by atoms with Gasteiger partial charge in [-0.25, -0.2) is 4.79 Å². The third-order valence-electron chi connectivity index (χ3n) is 5.23. The molecule has 1 N–H and O–H groups in total. The van der Waals surface area contributed by atoms with Gasteiger partial charge in [-0.1, -0.05) is 70.5 Å². The normalized spacial score (nSPS) is 17.7. The van der Waals surface area contributed by atoms with Gasteiger partial charge in [0.1, 0.15) is 0 Å². The van der Waals surface area contributed by atoms with E-state index in [1.165, 1.54) is 0 Å². The van der Waals surface area contributed by atoms with Crippen molar-refractivity contribution < 1.29 is 19.4 Å². The van der Waals surface area contributed by atoms with Gasteiger partial charge in [-0.3, -0.25) is 4.79 Å². The lowest BCUT2D eigenvalue weighted by Gasteiger charge is -2.31. The first kappa shape index (κ1) is 21.9. The Hall–Kier alpha value is -3.29. The average Bonchev–Trinajstić information content (AvgIpc) is 3.18. The van der Waals surface area contributed by atoms with E-state index < -0.39 is 17.6 Å². The van der Waals surface area contributed by atoms with Gasteiger partial charge in [-0.05, 0) is 42.3 Å². The van der Waals surface area contributed by atoms with E-state index in [9.17, 15) is 14.7 Å². The summed E-state index contributed by atoms with van der Waals surface area (Å²) < 4.78 is 5.87. The van der Waals surface area contributed by atoms with E-state index in [0.717, 1.165) is 20.6 Å². The molecule has 0 fully saturated rings. The zero-order valence-electron chi connectivity index (χ0n) is 17.4. The monoisotopic (exact) mass is 492 g/mol. The molecule has 1 aliphatic heterocycles. The Morgan fingerprint density at radius 1 is 1.00 bits per heavy atom. The maximum Gasteiger partial charge on any atom is 0.354 e. The lowest BCUT2D eigenvalue weighted by molar-refractivity contribution is -0.135. The van der Waals surface area contributed by atoms with E-state index in [2.05, 4.69) is 21.0 Å². The van der Waals surface area contributed by atoms with Crippen molar-refractivity contribution >= 4 is 33.5 Å². The summed E-state index contributed by atoms with van der Waals surface area (Å²) in [5.41, 5.74) is 0.959. The minimum Gasteiger partial charge on any atom is -0.461 e. The van der Waals surface area contributed by atoms with Crippen molar-refractivity contribution in [2.24, 2.45) is 5.10 Å². The molecular formula is C25H21BrN2O4. The number of ether oxygens (including phenoxy) is 1. The maximum absolute atomic E-state index is 13.4. The molecule has 0 bridgehead atoms. The smallest absolute Gasteiger partial charge is 0.354 e. The second kappa shape index (κ2) is 9.06. The van der Waals surface area contributed by atoms with Crippen LogP contribution in [0.5, 0.6) is 0 Å². The second-order valence-corrected chi connectivity index (χ2v) is 8.24. The second-order valence-electron chi connectivity index (χ2n) is 7.33. The van der Waals surface area contributed by atoms with Crippen LogP contribution in [-0.2, 0) is 15.3 Å². The molecule has 0 saturated heterocycles. The largest absolute Gasteiger partial charge is 0.461 e. The molecule has 0 saturated carbocycles. The van der Waals surface area contributed by atoms with Crippen LogP contribution in [0, 0.1) is 0 Å². The van der Waals surface area contributed by atoms with Crippen LogP contribution >= 0.6 is 15.9 Å². The quantitative estimate of drug-likeness (QED) is 0.522. The molecule has 1 atom stereocenters. The van der Waals surface area contributed by atoms with Gasteiger partial charge in [0, 0.05) is 15.6 Å². The van der Waals surface area contributed by atoms with E-state index >= 15 is 0 Å². The van der Waals surface area contributed by atoms with E-state index in [1.807, 2.05) is 42.5 Å². The van der Waals surface area contributed by atoms with Crippen molar-refractivity contribution in [1.29, 1.82) is 0 Å². The van der Waals surface area contributed by atoms with Crippen molar-refractivity contribution in [2.75, 3.05) is 6.61 Å². The Morgan fingerprint density at radius 3 is 2.25 bits per heavy atom. The summed E-state index contributed by atoms with van der Waals surface area (Å²) in [6, 6.07) is 23.7. The number of amides is 1. The summed E-state index contributed by atoms with van der Waals surface area (Å²) in [7, 11) is 0. The fraction of sp³-hybridized carbons (Fsp3) is 0.160. The minimum atomic E-state index is -1.81. The van der Waals surface area contributed by atoms with Crippen molar-refractivity contribution in [3.63, 3.8) is 0 Å². The fourth-order valence-corrected chi connectivity index (χ4v) is 3.85. The zero-order valence-corrected chi connectivity index (χ0v) is 19.0. The molecule has 1 aliphatic rings. The maximum atomic E-state index is 13.4. The van der Waals surface area contributed by atoms with Crippen LogP contribution in [0.4, 0.5) is 0 Å². The molecule has 7 heteroatoms. The molecule has 3 aromatic rings. The van der Waals surface area contributed by atoms with Gasteiger partial charge in [-0.2, -0.15) is 10.1 Å². The average molecular weight is 493 g/mol. The summed E-state index contributed by atoms with van der Waals surface area (Å²) in [5.74, 6) is -1.17. The molecule has 0 aromatic heterocycles. The van der Waals surface area contributed by atoms with Gasteiger partial charge < -0.3 is 9.84 Å². The van der Waals surface area contributed by atoms with Crippen LogP contribution in [0.3, 0.4) is 0 Å². The summed E-state index contributed by atoms with van der Waals surface area (Å²) >= 11 is 3.37. The lowest BCUT2D eigenvalue weighted by atomic mass is 9.96. The van der Waals surface area contributed by atoms with E-state index in [1.54, 1.807) is 43.3 Å². The van der Waals surface area contributed by atoms with Gasteiger partial charge in [0.15, 0.2) is 11.4 Å². The Morgan fingerprint density at radius 2 is 1.62 bits per heavy atom. The van der Waals surface area contributed by atoms with Crippen LogP contribution in [0.15, 0.2) is 88.4 Å². The van der Waals surface area contributed by atoms with Crippen LogP contribution in [0.25, 0.3) is 11.1 Å². The Labute approximate surface area is 194 Å². The van der Waals surface area contributed by atoms with Crippen molar-refractivity contribution in [3.8, 4) is 11.1 Å². The SMILES string of the molecule is CCOC(=O)C1=NN(C(=O)c2ccc(-c3ccccc3)cc2)[C@@](O)(c2ccc(Br)cc2)C1. The Kier molecular flexibility index (Phi) is 6.21. The van der Waals surface area contributed by atoms with E-state index in [-0.39, 0.29) is 18.7 Å². The van der Waals surface area contributed by atoms with Crippen LogP contribution in [-0.4, -0.2) is 34.3 Å². The summed E-state index contributed by atoms with van der Waals surface area (Å²) in [6.45, 7) is 1.86. The predicted octanol–water partition coefficient (Wildman–Crippen LogP) is 4.73. The standard InChI is InChI=1S/C25H21BrN2O4/c1-2-32-24(30)22-16-25(31,20-12-14-21(26)15-13-20)28(27-22)23(29)19-10-8-18(9-11-19)17-6-4-3-5-7-17/h3-15,31H,2,16H2,1H3/t25-/m0/s1. The summed E-state index contributed by atoms with van der Waals surface area (Å²) in [5, 5.41) is 16.7. The molecule has 6 nitrogen and oxygen atoms in total. The topological polar surface area (TPSA) is 79.2 Å². The molecule has 1 heterocycles. The first-order valence-corrected chi connectivity index (χ1v) is 10.9. The highest BCUT2D eigenvalue weighted by molar-refractivity contribution is 9.10. The number of carbonyl (C=O) groups excluding carboxylic acids is 2. The van der Waals surface area contributed by atoms with Crippen molar-refractivity contribution in [2.45, 2.75) is 19.1 Å². The number of aliphatic hydroxyl groups is 1.